The fourth-order valence-electron chi connectivity index (χ4n) is 3.42. The van der Waals surface area contributed by atoms with Crippen LogP contribution >= 0.6 is 0 Å². The van der Waals surface area contributed by atoms with Gasteiger partial charge in [-0.1, -0.05) is 19.8 Å². The number of carbonyl (C=O) groups excluding carboxylic acids is 1. The molecule has 1 saturated heterocycles. The van der Waals surface area contributed by atoms with Crippen LogP contribution in [0.25, 0.3) is 0 Å². The van der Waals surface area contributed by atoms with Gasteiger partial charge in [0.2, 0.25) is 5.91 Å². The first kappa shape index (κ1) is 16.7. The molecule has 2 rings (SSSR count). The molecule has 5 heteroatoms. The number of hydrogen-bond acceptors (Lipinski definition) is 4. The van der Waals surface area contributed by atoms with Crippen LogP contribution in [0.2, 0.25) is 0 Å². The summed E-state index contributed by atoms with van der Waals surface area (Å²) >= 11 is 0. The van der Waals surface area contributed by atoms with Gasteiger partial charge in [0.15, 0.2) is 0 Å². The molecule has 0 aromatic rings. The lowest BCUT2D eigenvalue weighted by Gasteiger charge is -2.41. The standard InChI is InChI=1S/C16H30N2O3/c1-2-9-21-13-16(19)17-12-14-5-3-4-6-15(14)18-7-10-20-11-8-18/h14-15H,2-13H2,1H3,(H,17,19)/t14-,15-/m0/s1. The maximum Gasteiger partial charge on any atom is 0.246 e. The van der Waals surface area contributed by atoms with Gasteiger partial charge < -0.3 is 14.8 Å². The van der Waals surface area contributed by atoms with E-state index in [2.05, 4.69) is 10.2 Å². The van der Waals surface area contributed by atoms with Crippen LogP contribution in [-0.2, 0) is 14.3 Å². The third-order valence-corrected chi connectivity index (χ3v) is 4.53. The monoisotopic (exact) mass is 298 g/mol. The van der Waals surface area contributed by atoms with Crippen molar-refractivity contribution in [3.63, 3.8) is 0 Å². The van der Waals surface area contributed by atoms with E-state index in [1.54, 1.807) is 0 Å². The second-order valence-corrected chi connectivity index (χ2v) is 6.12. The van der Waals surface area contributed by atoms with Crippen LogP contribution in [0.1, 0.15) is 39.0 Å². The van der Waals surface area contributed by atoms with E-state index in [0.29, 0.717) is 18.6 Å². The number of rotatable bonds is 7. The van der Waals surface area contributed by atoms with Crippen molar-refractivity contribution in [2.45, 2.75) is 45.1 Å². The highest BCUT2D eigenvalue weighted by Crippen LogP contribution is 2.28. The summed E-state index contributed by atoms with van der Waals surface area (Å²) in [6.45, 7) is 7.46. The van der Waals surface area contributed by atoms with Crippen LogP contribution in [-0.4, -0.2) is 62.9 Å². The summed E-state index contributed by atoms with van der Waals surface area (Å²) in [5.41, 5.74) is 0. The number of morpholine rings is 1. The Balaban J connectivity index is 1.74. The summed E-state index contributed by atoms with van der Waals surface area (Å²) < 4.78 is 10.7. The van der Waals surface area contributed by atoms with Crippen molar-refractivity contribution in [1.29, 1.82) is 0 Å². The largest absolute Gasteiger partial charge is 0.379 e. The highest BCUT2D eigenvalue weighted by atomic mass is 16.5. The van der Waals surface area contributed by atoms with Crippen molar-refractivity contribution in [2.75, 3.05) is 46.1 Å². The zero-order valence-electron chi connectivity index (χ0n) is 13.3. The zero-order valence-corrected chi connectivity index (χ0v) is 13.3. The van der Waals surface area contributed by atoms with Crippen LogP contribution in [0.15, 0.2) is 0 Å². The van der Waals surface area contributed by atoms with Gasteiger partial charge in [-0.3, -0.25) is 9.69 Å². The molecule has 21 heavy (non-hydrogen) atoms. The molecule has 1 N–H and O–H groups in total. The van der Waals surface area contributed by atoms with Crippen LogP contribution < -0.4 is 5.32 Å². The van der Waals surface area contributed by atoms with Gasteiger partial charge >= 0.3 is 0 Å². The molecule has 0 radical (unpaired) electrons. The molecule has 0 aromatic heterocycles. The lowest BCUT2D eigenvalue weighted by atomic mass is 9.83. The molecular weight excluding hydrogens is 268 g/mol. The molecule has 1 saturated carbocycles. The minimum absolute atomic E-state index is 0.0229. The second kappa shape index (κ2) is 9.38. The van der Waals surface area contributed by atoms with E-state index >= 15 is 0 Å². The maximum absolute atomic E-state index is 11.8. The number of ether oxygens (including phenoxy) is 2. The first-order valence-corrected chi connectivity index (χ1v) is 8.47. The van der Waals surface area contributed by atoms with E-state index in [4.69, 9.17) is 9.47 Å². The lowest BCUT2D eigenvalue weighted by molar-refractivity contribution is -0.126. The average molecular weight is 298 g/mol. The molecule has 0 bridgehead atoms. The molecule has 1 amide bonds. The van der Waals surface area contributed by atoms with Crippen molar-refractivity contribution in [2.24, 2.45) is 5.92 Å². The Morgan fingerprint density at radius 1 is 1.29 bits per heavy atom. The predicted molar refractivity (Wildman–Crippen MR) is 82.3 cm³/mol. The molecule has 0 spiro atoms. The van der Waals surface area contributed by atoms with Crippen LogP contribution in [0.4, 0.5) is 0 Å². The van der Waals surface area contributed by atoms with Gasteiger partial charge in [-0.2, -0.15) is 0 Å². The molecule has 1 aliphatic heterocycles. The third kappa shape index (κ3) is 5.57. The Labute approximate surface area is 128 Å². The van der Waals surface area contributed by atoms with E-state index in [9.17, 15) is 4.79 Å². The molecule has 122 valence electrons. The summed E-state index contributed by atoms with van der Waals surface area (Å²) in [4.78, 5) is 14.3. The van der Waals surface area contributed by atoms with E-state index in [1.165, 1.54) is 25.7 Å². The summed E-state index contributed by atoms with van der Waals surface area (Å²) in [7, 11) is 0. The fraction of sp³-hybridized carbons (Fsp3) is 0.938. The molecule has 2 aliphatic rings. The maximum atomic E-state index is 11.8. The fourth-order valence-corrected chi connectivity index (χ4v) is 3.42. The normalized spacial score (nSPS) is 27.5. The van der Waals surface area contributed by atoms with Gasteiger partial charge in [-0.15, -0.1) is 0 Å². The van der Waals surface area contributed by atoms with Crippen molar-refractivity contribution >= 4 is 5.91 Å². The van der Waals surface area contributed by atoms with Crippen LogP contribution in [0, 0.1) is 5.92 Å². The SMILES string of the molecule is CCCOCC(=O)NC[C@@H]1CCCC[C@@H]1N1CCOCC1. The van der Waals surface area contributed by atoms with E-state index < -0.39 is 0 Å². The topological polar surface area (TPSA) is 50.8 Å². The number of nitrogens with one attached hydrogen (secondary N) is 1. The molecular formula is C16H30N2O3. The van der Waals surface area contributed by atoms with E-state index in [0.717, 1.165) is 39.3 Å². The van der Waals surface area contributed by atoms with Crippen molar-refractivity contribution in [1.82, 2.24) is 10.2 Å². The lowest BCUT2D eigenvalue weighted by Crippen LogP contribution is -2.50. The molecule has 0 unspecified atom stereocenters. The van der Waals surface area contributed by atoms with Crippen molar-refractivity contribution in [3.05, 3.63) is 0 Å². The minimum atomic E-state index is 0.0229. The third-order valence-electron chi connectivity index (χ3n) is 4.53. The van der Waals surface area contributed by atoms with Gasteiger partial charge in [0.05, 0.1) is 13.2 Å². The molecule has 1 aliphatic carbocycles. The van der Waals surface area contributed by atoms with Crippen molar-refractivity contribution < 1.29 is 14.3 Å². The Bertz CT molecular complexity index is 306. The Morgan fingerprint density at radius 2 is 2.05 bits per heavy atom. The van der Waals surface area contributed by atoms with Gasteiger partial charge in [-0.05, 0) is 25.2 Å². The summed E-state index contributed by atoms with van der Waals surface area (Å²) in [5, 5.41) is 3.06. The summed E-state index contributed by atoms with van der Waals surface area (Å²) in [6, 6.07) is 0.611. The average Bonchev–Trinajstić information content (AvgIpc) is 2.54. The predicted octanol–water partition coefficient (Wildman–Crippen LogP) is 1.42. The molecule has 2 fully saturated rings. The zero-order chi connectivity index (χ0) is 14.9. The Morgan fingerprint density at radius 3 is 2.81 bits per heavy atom. The number of nitrogens with zero attached hydrogens (tertiary/aromatic N) is 1. The highest BCUT2D eigenvalue weighted by Gasteiger charge is 2.31. The quantitative estimate of drug-likeness (QED) is 0.722. The molecule has 1 heterocycles. The Hall–Kier alpha value is -0.650. The minimum Gasteiger partial charge on any atom is -0.379 e. The second-order valence-electron chi connectivity index (χ2n) is 6.12. The first-order valence-electron chi connectivity index (χ1n) is 8.47. The van der Waals surface area contributed by atoms with Crippen LogP contribution in [0.3, 0.4) is 0 Å². The molecule has 5 nitrogen and oxygen atoms in total. The summed E-state index contributed by atoms with van der Waals surface area (Å²) in [6.07, 6.45) is 6.03. The van der Waals surface area contributed by atoms with Crippen molar-refractivity contribution in [3.8, 4) is 0 Å². The van der Waals surface area contributed by atoms with Gasteiger partial charge in [-0.25, -0.2) is 0 Å². The van der Waals surface area contributed by atoms with Crippen LogP contribution in [0.5, 0.6) is 0 Å². The number of carbonyl (C=O) groups is 1. The van der Waals surface area contributed by atoms with E-state index in [1.807, 2.05) is 6.92 Å². The van der Waals surface area contributed by atoms with Gasteiger partial charge in [0.25, 0.3) is 0 Å². The summed E-state index contributed by atoms with van der Waals surface area (Å²) in [5.74, 6) is 0.599. The highest BCUT2D eigenvalue weighted by molar-refractivity contribution is 5.77. The smallest absolute Gasteiger partial charge is 0.246 e. The molecule has 2 atom stereocenters. The van der Waals surface area contributed by atoms with Gasteiger partial charge in [0, 0.05) is 32.3 Å². The first-order chi connectivity index (χ1) is 10.3. The van der Waals surface area contributed by atoms with E-state index in [-0.39, 0.29) is 12.5 Å². The van der Waals surface area contributed by atoms with Gasteiger partial charge in [0.1, 0.15) is 6.61 Å². The Kier molecular flexibility index (Phi) is 7.47. The number of amides is 1. The molecule has 0 aromatic carbocycles. The number of hydrogen-bond donors (Lipinski definition) is 1.